The van der Waals surface area contributed by atoms with Crippen molar-refractivity contribution in [1.29, 1.82) is 0 Å². The second kappa shape index (κ2) is 11.8. The van der Waals surface area contributed by atoms with E-state index in [9.17, 15) is 9.59 Å². The highest BCUT2D eigenvalue weighted by atomic mass is 16.5. The summed E-state index contributed by atoms with van der Waals surface area (Å²) in [6.07, 6.45) is 6.11. The molecule has 2 aliphatic heterocycles. The lowest BCUT2D eigenvalue weighted by molar-refractivity contribution is -0.139. The number of hydrogen-bond acceptors (Lipinski definition) is 6. The molecular formula is C26H37N5O4. The van der Waals surface area contributed by atoms with E-state index < -0.39 is 0 Å². The largest absolute Gasteiger partial charge is 0.381 e. The maximum absolute atomic E-state index is 13.3. The minimum atomic E-state index is -0.250. The van der Waals surface area contributed by atoms with Crippen molar-refractivity contribution in [2.24, 2.45) is 13.0 Å². The zero-order valence-corrected chi connectivity index (χ0v) is 21.1. The van der Waals surface area contributed by atoms with Crippen LogP contribution in [0.15, 0.2) is 24.5 Å². The van der Waals surface area contributed by atoms with E-state index >= 15 is 0 Å². The van der Waals surface area contributed by atoms with Crippen LogP contribution in [0.3, 0.4) is 0 Å². The van der Waals surface area contributed by atoms with Crippen LogP contribution in [0.4, 0.5) is 0 Å². The van der Waals surface area contributed by atoms with Crippen LogP contribution in [0.5, 0.6) is 0 Å². The number of amides is 2. The molecule has 9 nitrogen and oxygen atoms in total. The van der Waals surface area contributed by atoms with E-state index in [-0.39, 0.29) is 24.5 Å². The third kappa shape index (κ3) is 6.67. The number of aryl methyl sites for hydroxylation is 2. The molecule has 35 heavy (non-hydrogen) atoms. The van der Waals surface area contributed by atoms with Gasteiger partial charge in [0.25, 0.3) is 0 Å². The highest BCUT2D eigenvalue weighted by molar-refractivity contribution is 5.85. The first kappa shape index (κ1) is 25.3. The molecule has 2 fully saturated rings. The Morgan fingerprint density at radius 1 is 1.17 bits per heavy atom. The van der Waals surface area contributed by atoms with Gasteiger partial charge in [0.1, 0.15) is 0 Å². The summed E-state index contributed by atoms with van der Waals surface area (Å²) in [7, 11) is 1.92. The minimum absolute atomic E-state index is 0.00593. The van der Waals surface area contributed by atoms with Crippen LogP contribution in [0.2, 0.25) is 0 Å². The number of pyridine rings is 1. The normalized spacial score (nSPS) is 19.7. The van der Waals surface area contributed by atoms with Crippen LogP contribution in [0.1, 0.15) is 41.8 Å². The van der Waals surface area contributed by atoms with Gasteiger partial charge in [-0.25, -0.2) is 0 Å². The molecule has 0 bridgehead atoms. The van der Waals surface area contributed by atoms with Gasteiger partial charge in [-0.2, -0.15) is 5.10 Å². The standard InChI is InChI=1S/C26H37N5O4/c1-19-24(20(2)29(3)28-19)4-5-25(32)31-16-23(35-18-22-6-10-27-11-7-22)15-30(26(33)17-31)14-21-8-12-34-13-9-21/h6-7,10-11,21,23H,4-5,8-9,12-18H2,1-3H3/t23-/m1/s1. The summed E-state index contributed by atoms with van der Waals surface area (Å²) in [5.74, 6) is 0.396. The van der Waals surface area contributed by atoms with Crippen molar-refractivity contribution in [1.82, 2.24) is 24.6 Å². The molecule has 0 unspecified atom stereocenters. The monoisotopic (exact) mass is 483 g/mol. The third-order valence-electron chi connectivity index (χ3n) is 7.18. The van der Waals surface area contributed by atoms with Gasteiger partial charge < -0.3 is 19.3 Å². The molecule has 9 heteroatoms. The van der Waals surface area contributed by atoms with E-state index in [0.29, 0.717) is 45.0 Å². The van der Waals surface area contributed by atoms with Gasteiger partial charge in [0, 0.05) is 64.4 Å². The summed E-state index contributed by atoms with van der Waals surface area (Å²) >= 11 is 0. The summed E-state index contributed by atoms with van der Waals surface area (Å²) in [5, 5.41) is 4.46. The van der Waals surface area contributed by atoms with Crippen molar-refractivity contribution < 1.29 is 19.1 Å². The molecule has 190 valence electrons. The lowest BCUT2D eigenvalue weighted by atomic mass is 9.99. The summed E-state index contributed by atoms with van der Waals surface area (Å²) in [5.41, 5.74) is 4.15. The molecule has 2 saturated heterocycles. The maximum atomic E-state index is 13.3. The summed E-state index contributed by atoms with van der Waals surface area (Å²) in [6.45, 7) is 7.58. The molecule has 0 radical (unpaired) electrons. The van der Waals surface area contributed by atoms with Crippen molar-refractivity contribution in [3.05, 3.63) is 47.0 Å². The molecule has 2 aromatic heterocycles. The second-order valence-corrected chi connectivity index (χ2v) is 9.69. The predicted octanol–water partition coefficient (Wildman–Crippen LogP) is 2.05. The molecule has 2 aromatic rings. The maximum Gasteiger partial charge on any atom is 0.242 e. The molecule has 0 aliphatic carbocycles. The van der Waals surface area contributed by atoms with Crippen LogP contribution < -0.4 is 0 Å². The van der Waals surface area contributed by atoms with Crippen LogP contribution in [-0.2, 0) is 39.1 Å². The van der Waals surface area contributed by atoms with Gasteiger partial charge in [-0.3, -0.25) is 19.3 Å². The Labute approximate surface area is 207 Å². The molecule has 2 aliphatic rings. The van der Waals surface area contributed by atoms with E-state index in [4.69, 9.17) is 9.47 Å². The smallest absolute Gasteiger partial charge is 0.242 e. The Balaban J connectivity index is 1.43. The molecule has 4 rings (SSSR count). The molecule has 4 heterocycles. The van der Waals surface area contributed by atoms with Gasteiger partial charge in [0.05, 0.1) is 24.9 Å². The number of aromatic nitrogens is 3. The van der Waals surface area contributed by atoms with Gasteiger partial charge in [0.2, 0.25) is 11.8 Å². The van der Waals surface area contributed by atoms with E-state index in [0.717, 1.165) is 48.6 Å². The van der Waals surface area contributed by atoms with Crippen LogP contribution in [0, 0.1) is 19.8 Å². The van der Waals surface area contributed by atoms with Crippen molar-refractivity contribution in [3.63, 3.8) is 0 Å². The number of carbonyl (C=O) groups excluding carboxylic acids is 2. The van der Waals surface area contributed by atoms with Gasteiger partial charge >= 0.3 is 0 Å². The second-order valence-electron chi connectivity index (χ2n) is 9.69. The van der Waals surface area contributed by atoms with Crippen molar-refractivity contribution >= 4 is 11.8 Å². The lowest BCUT2D eigenvalue weighted by Gasteiger charge is -2.30. The Morgan fingerprint density at radius 3 is 2.60 bits per heavy atom. The Kier molecular flexibility index (Phi) is 8.51. The zero-order chi connectivity index (χ0) is 24.8. The Bertz CT molecular complexity index is 1000. The molecule has 2 amide bonds. The number of rotatable bonds is 8. The van der Waals surface area contributed by atoms with E-state index in [2.05, 4.69) is 10.1 Å². The number of ether oxygens (including phenoxy) is 2. The van der Waals surface area contributed by atoms with Gasteiger partial charge in [0.15, 0.2) is 0 Å². The topological polar surface area (TPSA) is 89.8 Å². The molecule has 1 atom stereocenters. The van der Waals surface area contributed by atoms with E-state index in [1.807, 2.05) is 42.6 Å². The Hall–Kier alpha value is -2.78. The fourth-order valence-corrected chi connectivity index (χ4v) is 4.95. The molecule has 0 aromatic carbocycles. The van der Waals surface area contributed by atoms with Crippen molar-refractivity contribution in [2.45, 2.75) is 52.2 Å². The van der Waals surface area contributed by atoms with Gasteiger partial charge in [-0.15, -0.1) is 0 Å². The highest BCUT2D eigenvalue weighted by Crippen LogP contribution is 2.20. The van der Waals surface area contributed by atoms with Gasteiger partial charge in [-0.1, -0.05) is 0 Å². The van der Waals surface area contributed by atoms with Crippen LogP contribution in [0.25, 0.3) is 0 Å². The third-order valence-corrected chi connectivity index (χ3v) is 7.18. The summed E-state index contributed by atoms with van der Waals surface area (Å²) < 4.78 is 13.6. The highest BCUT2D eigenvalue weighted by Gasteiger charge is 2.32. The van der Waals surface area contributed by atoms with Crippen LogP contribution in [-0.4, -0.2) is 81.9 Å². The van der Waals surface area contributed by atoms with Gasteiger partial charge in [-0.05, 0) is 62.3 Å². The van der Waals surface area contributed by atoms with E-state index in [1.165, 1.54) is 0 Å². The molecule has 0 spiro atoms. The average molecular weight is 484 g/mol. The SMILES string of the molecule is Cc1nn(C)c(C)c1CCC(=O)N1CC(=O)N(CC2CCOCC2)C[C@@H](OCc2ccncc2)C1. The zero-order valence-electron chi connectivity index (χ0n) is 21.1. The number of hydrogen-bond donors (Lipinski definition) is 0. The Morgan fingerprint density at radius 2 is 1.91 bits per heavy atom. The van der Waals surface area contributed by atoms with E-state index in [1.54, 1.807) is 17.3 Å². The van der Waals surface area contributed by atoms with Crippen LogP contribution >= 0.6 is 0 Å². The number of carbonyl (C=O) groups is 2. The quantitative estimate of drug-likeness (QED) is 0.571. The fourth-order valence-electron chi connectivity index (χ4n) is 4.95. The average Bonchev–Trinajstić information content (AvgIpc) is 3.00. The first-order chi connectivity index (χ1) is 16.9. The predicted molar refractivity (Wildman–Crippen MR) is 131 cm³/mol. The lowest BCUT2D eigenvalue weighted by Crippen LogP contribution is -2.42. The molecule has 0 saturated carbocycles. The number of nitrogens with zero attached hydrogens (tertiary/aromatic N) is 5. The molecular weight excluding hydrogens is 446 g/mol. The summed E-state index contributed by atoms with van der Waals surface area (Å²) in [4.78, 5) is 34.1. The summed E-state index contributed by atoms with van der Waals surface area (Å²) in [6, 6.07) is 3.84. The fraction of sp³-hybridized carbons (Fsp3) is 0.615. The molecule has 0 N–H and O–H groups in total. The minimum Gasteiger partial charge on any atom is -0.381 e. The first-order valence-electron chi connectivity index (χ1n) is 12.5. The van der Waals surface area contributed by atoms with Crippen molar-refractivity contribution in [2.75, 3.05) is 39.4 Å². The van der Waals surface area contributed by atoms with Crippen molar-refractivity contribution in [3.8, 4) is 0 Å². The first-order valence-corrected chi connectivity index (χ1v) is 12.5.